The van der Waals surface area contributed by atoms with Crippen molar-refractivity contribution in [3.8, 4) is 0 Å². The maximum absolute atomic E-state index is 5.55. The molecule has 2 aromatic heterocycles. The summed E-state index contributed by atoms with van der Waals surface area (Å²) in [5.74, 6) is 7.16. The number of hydrogen-bond acceptors (Lipinski definition) is 7. The number of anilines is 1. The van der Waals surface area contributed by atoms with Crippen molar-refractivity contribution in [2.75, 3.05) is 5.43 Å². The summed E-state index contributed by atoms with van der Waals surface area (Å²) in [5, 5.41) is 1.51. The lowest BCUT2D eigenvalue weighted by molar-refractivity contribution is 0.747. The van der Waals surface area contributed by atoms with Gasteiger partial charge >= 0.3 is 0 Å². The average Bonchev–Trinajstić information content (AvgIpc) is 2.39. The van der Waals surface area contributed by atoms with E-state index in [4.69, 9.17) is 5.84 Å². The molecule has 2 aromatic rings. The van der Waals surface area contributed by atoms with Gasteiger partial charge in [0.15, 0.2) is 5.16 Å². The maximum Gasteiger partial charge on any atom is 0.194 e. The standard InChI is InChI=1S/C14H20N6S/c1-7(2)11-18-12(20-15)10(5)13(19-11)21-14-16-8(3)6-9(4)17-14/h6-7H,15H2,1-5H3,(H,18,19,20). The van der Waals surface area contributed by atoms with Crippen LogP contribution in [0.5, 0.6) is 0 Å². The number of hydrazine groups is 1. The van der Waals surface area contributed by atoms with Gasteiger partial charge in [0.1, 0.15) is 16.7 Å². The first kappa shape index (κ1) is 15.7. The van der Waals surface area contributed by atoms with Crippen LogP contribution in [0.15, 0.2) is 16.2 Å². The zero-order valence-corrected chi connectivity index (χ0v) is 13.7. The zero-order valence-electron chi connectivity index (χ0n) is 12.9. The normalized spacial score (nSPS) is 11.0. The van der Waals surface area contributed by atoms with E-state index in [2.05, 4.69) is 25.4 Å². The van der Waals surface area contributed by atoms with Gasteiger partial charge in [0, 0.05) is 22.9 Å². The number of nitrogen functional groups attached to an aromatic ring is 1. The molecule has 2 heterocycles. The molecule has 0 atom stereocenters. The van der Waals surface area contributed by atoms with Crippen molar-refractivity contribution in [1.82, 2.24) is 19.9 Å². The molecular weight excluding hydrogens is 284 g/mol. The van der Waals surface area contributed by atoms with Gasteiger partial charge in [-0.15, -0.1) is 0 Å². The molecule has 3 N–H and O–H groups in total. The molecule has 0 amide bonds. The van der Waals surface area contributed by atoms with Gasteiger partial charge in [-0.25, -0.2) is 25.8 Å². The largest absolute Gasteiger partial charge is 0.308 e. The van der Waals surface area contributed by atoms with Crippen LogP contribution in [-0.4, -0.2) is 19.9 Å². The molecule has 6 nitrogen and oxygen atoms in total. The highest BCUT2D eigenvalue weighted by Gasteiger charge is 2.15. The van der Waals surface area contributed by atoms with Crippen molar-refractivity contribution >= 4 is 17.6 Å². The van der Waals surface area contributed by atoms with E-state index in [9.17, 15) is 0 Å². The summed E-state index contributed by atoms with van der Waals surface area (Å²) in [5.41, 5.74) is 5.42. The van der Waals surface area contributed by atoms with Gasteiger partial charge in [-0.2, -0.15) is 0 Å². The van der Waals surface area contributed by atoms with Crippen molar-refractivity contribution in [3.63, 3.8) is 0 Å². The van der Waals surface area contributed by atoms with E-state index in [0.29, 0.717) is 11.0 Å². The van der Waals surface area contributed by atoms with Crippen molar-refractivity contribution < 1.29 is 0 Å². The topological polar surface area (TPSA) is 89.6 Å². The molecule has 0 radical (unpaired) electrons. The van der Waals surface area contributed by atoms with Crippen LogP contribution in [0.3, 0.4) is 0 Å². The highest BCUT2D eigenvalue weighted by Crippen LogP contribution is 2.30. The molecule has 0 saturated heterocycles. The Balaban J connectivity index is 2.45. The summed E-state index contributed by atoms with van der Waals surface area (Å²) in [4.78, 5) is 17.9. The van der Waals surface area contributed by atoms with Gasteiger partial charge in [0.25, 0.3) is 0 Å². The minimum absolute atomic E-state index is 0.220. The third kappa shape index (κ3) is 3.68. The monoisotopic (exact) mass is 304 g/mol. The fourth-order valence-corrected chi connectivity index (χ4v) is 2.78. The van der Waals surface area contributed by atoms with Gasteiger partial charge in [-0.3, -0.25) is 0 Å². The lowest BCUT2D eigenvalue weighted by Crippen LogP contribution is -2.13. The number of aryl methyl sites for hydroxylation is 2. The molecule has 0 unspecified atom stereocenters. The Morgan fingerprint density at radius 1 is 1.05 bits per heavy atom. The van der Waals surface area contributed by atoms with E-state index in [0.717, 1.165) is 27.8 Å². The highest BCUT2D eigenvalue weighted by atomic mass is 32.2. The number of nitrogens with two attached hydrogens (primary N) is 1. The summed E-state index contributed by atoms with van der Waals surface area (Å²) < 4.78 is 0. The van der Waals surface area contributed by atoms with Gasteiger partial charge in [-0.1, -0.05) is 13.8 Å². The third-order valence-electron chi connectivity index (χ3n) is 2.92. The van der Waals surface area contributed by atoms with Gasteiger partial charge in [0.05, 0.1) is 0 Å². The number of nitrogens with zero attached hydrogens (tertiary/aromatic N) is 4. The van der Waals surface area contributed by atoms with Crippen molar-refractivity contribution in [2.24, 2.45) is 5.84 Å². The quantitative estimate of drug-likeness (QED) is 0.388. The highest BCUT2D eigenvalue weighted by molar-refractivity contribution is 7.99. The fourth-order valence-electron chi connectivity index (χ4n) is 1.84. The van der Waals surface area contributed by atoms with Crippen LogP contribution >= 0.6 is 11.8 Å². The Morgan fingerprint density at radius 3 is 2.19 bits per heavy atom. The van der Waals surface area contributed by atoms with Gasteiger partial charge < -0.3 is 5.43 Å². The third-order valence-corrected chi connectivity index (χ3v) is 3.88. The predicted octanol–water partition coefficient (Wildman–Crippen LogP) is 2.75. The second-order valence-electron chi connectivity index (χ2n) is 5.19. The smallest absolute Gasteiger partial charge is 0.194 e. The molecule has 0 fully saturated rings. The molecule has 0 aliphatic carbocycles. The first-order valence-electron chi connectivity index (χ1n) is 6.76. The molecule has 2 rings (SSSR count). The van der Waals surface area contributed by atoms with E-state index >= 15 is 0 Å². The molecule has 7 heteroatoms. The second-order valence-corrected chi connectivity index (χ2v) is 6.15. The van der Waals surface area contributed by atoms with Crippen LogP contribution in [0.2, 0.25) is 0 Å². The second kappa shape index (κ2) is 6.36. The Morgan fingerprint density at radius 2 is 1.67 bits per heavy atom. The molecule has 112 valence electrons. The molecule has 21 heavy (non-hydrogen) atoms. The summed E-state index contributed by atoms with van der Waals surface area (Å²) in [6.45, 7) is 9.94. The Bertz CT molecular complexity index is 636. The number of aromatic nitrogens is 4. The molecule has 0 saturated carbocycles. The summed E-state index contributed by atoms with van der Waals surface area (Å²) >= 11 is 1.43. The zero-order chi connectivity index (χ0) is 15.6. The number of rotatable bonds is 4. The molecule has 0 aromatic carbocycles. The van der Waals surface area contributed by atoms with Crippen LogP contribution in [0, 0.1) is 20.8 Å². The lowest BCUT2D eigenvalue weighted by atomic mass is 10.2. The van der Waals surface area contributed by atoms with Gasteiger partial charge in [-0.05, 0) is 38.6 Å². The van der Waals surface area contributed by atoms with Crippen LogP contribution in [-0.2, 0) is 0 Å². The minimum Gasteiger partial charge on any atom is -0.308 e. The van der Waals surface area contributed by atoms with Gasteiger partial charge in [0.2, 0.25) is 0 Å². The molecule has 0 bridgehead atoms. The van der Waals surface area contributed by atoms with Crippen molar-refractivity contribution in [2.45, 2.75) is 50.7 Å². The predicted molar refractivity (Wildman–Crippen MR) is 84.3 cm³/mol. The first-order valence-corrected chi connectivity index (χ1v) is 7.57. The van der Waals surface area contributed by atoms with E-state index in [-0.39, 0.29) is 5.92 Å². The van der Waals surface area contributed by atoms with Crippen LogP contribution in [0.1, 0.15) is 42.5 Å². The van der Waals surface area contributed by atoms with Crippen LogP contribution in [0.4, 0.5) is 5.82 Å². The van der Waals surface area contributed by atoms with Crippen molar-refractivity contribution in [3.05, 3.63) is 28.8 Å². The van der Waals surface area contributed by atoms with Crippen LogP contribution in [0.25, 0.3) is 0 Å². The first-order chi connectivity index (χ1) is 9.90. The van der Waals surface area contributed by atoms with E-state index in [1.54, 1.807) is 0 Å². The van der Waals surface area contributed by atoms with E-state index in [1.807, 2.05) is 40.7 Å². The summed E-state index contributed by atoms with van der Waals surface area (Å²) in [6, 6.07) is 1.95. The number of hydrogen-bond donors (Lipinski definition) is 2. The minimum atomic E-state index is 0.220. The molecule has 0 aliphatic rings. The Hall–Kier alpha value is -1.73. The maximum atomic E-state index is 5.55. The molecule has 0 aliphatic heterocycles. The van der Waals surface area contributed by atoms with Crippen molar-refractivity contribution in [1.29, 1.82) is 0 Å². The number of nitrogens with one attached hydrogen (secondary N) is 1. The Labute approximate surface area is 129 Å². The summed E-state index contributed by atoms with van der Waals surface area (Å²) in [7, 11) is 0. The fraction of sp³-hybridized carbons (Fsp3) is 0.429. The lowest BCUT2D eigenvalue weighted by Gasteiger charge is -2.13. The van der Waals surface area contributed by atoms with E-state index in [1.165, 1.54) is 11.8 Å². The average molecular weight is 304 g/mol. The Kier molecular flexibility index (Phi) is 4.74. The van der Waals surface area contributed by atoms with E-state index < -0.39 is 0 Å². The molecular formula is C14H20N6S. The SMILES string of the molecule is Cc1cc(C)nc(Sc2nc(C(C)C)nc(NN)c2C)n1. The molecule has 0 spiro atoms. The summed E-state index contributed by atoms with van der Waals surface area (Å²) in [6.07, 6.45) is 0. The van der Waals surface area contributed by atoms with Crippen LogP contribution < -0.4 is 11.3 Å².